The van der Waals surface area contributed by atoms with Crippen molar-refractivity contribution in [3.05, 3.63) is 57.6 Å². The number of nitrogen functional groups attached to an aromatic ring is 1. The van der Waals surface area contributed by atoms with Crippen LogP contribution < -0.4 is 5.73 Å². The summed E-state index contributed by atoms with van der Waals surface area (Å²) in [5.41, 5.74) is 7.15. The number of aliphatic imine (C=N–C) groups is 1. The molecule has 0 radical (unpaired) electrons. The van der Waals surface area contributed by atoms with E-state index in [4.69, 9.17) is 28.9 Å². The molecular formula is C14H10Cl2N2O. The molecule has 0 atom stereocenters. The Balaban J connectivity index is 2.60. The monoisotopic (exact) mass is 292 g/mol. The molecule has 0 saturated carbocycles. The lowest BCUT2D eigenvalue weighted by molar-refractivity contribution is 0.103. The minimum Gasteiger partial charge on any atom is -0.396 e. The maximum atomic E-state index is 12.4. The quantitative estimate of drug-likeness (QED) is 0.525. The van der Waals surface area contributed by atoms with Gasteiger partial charge in [0.25, 0.3) is 0 Å². The van der Waals surface area contributed by atoms with Gasteiger partial charge in [0, 0.05) is 16.1 Å². The number of hydrogen-bond donors (Lipinski definition) is 1. The van der Waals surface area contributed by atoms with E-state index in [1.54, 1.807) is 30.3 Å². The summed E-state index contributed by atoms with van der Waals surface area (Å²) in [5, 5.41) is 0.729. The van der Waals surface area contributed by atoms with E-state index >= 15 is 0 Å². The van der Waals surface area contributed by atoms with Crippen molar-refractivity contribution < 1.29 is 4.79 Å². The zero-order valence-corrected chi connectivity index (χ0v) is 11.4. The smallest absolute Gasteiger partial charge is 0.196 e. The Bertz CT molecular complexity index is 668. The van der Waals surface area contributed by atoms with E-state index in [0.29, 0.717) is 21.3 Å². The number of carbonyl (C=O) groups is 1. The summed E-state index contributed by atoms with van der Waals surface area (Å²) in [6.07, 6.45) is 0. The summed E-state index contributed by atoms with van der Waals surface area (Å²) in [5.74, 6) is -0.296. The van der Waals surface area contributed by atoms with Crippen molar-refractivity contribution in [2.75, 3.05) is 5.73 Å². The van der Waals surface area contributed by atoms with Crippen LogP contribution in [0.25, 0.3) is 0 Å². The van der Waals surface area contributed by atoms with Gasteiger partial charge in [-0.25, -0.2) is 0 Å². The minimum absolute atomic E-state index is 0.240. The number of halogens is 2. The highest BCUT2D eigenvalue weighted by Gasteiger charge is 2.17. The number of ketones is 1. The summed E-state index contributed by atoms with van der Waals surface area (Å²) in [6, 6.07) is 9.79. The van der Waals surface area contributed by atoms with Gasteiger partial charge in [0.1, 0.15) is 0 Å². The van der Waals surface area contributed by atoms with Gasteiger partial charge in [-0.1, -0.05) is 35.3 Å². The second kappa shape index (κ2) is 5.43. The molecule has 0 aliphatic carbocycles. The second-order valence-electron chi connectivity index (χ2n) is 3.85. The third kappa shape index (κ3) is 2.62. The molecule has 0 fully saturated rings. The van der Waals surface area contributed by atoms with E-state index in [2.05, 4.69) is 11.7 Å². The molecule has 0 amide bonds. The number of nitrogens with zero attached hydrogens (tertiary/aromatic N) is 1. The molecule has 0 aliphatic rings. The van der Waals surface area contributed by atoms with Crippen LogP contribution in [0.15, 0.2) is 41.4 Å². The van der Waals surface area contributed by atoms with Gasteiger partial charge in [-0.15, -0.1) is 0 Å². The van der Waals surface area contributed by atoms with E-state index in [-0.39, 0.29) is 17.0 Å². The second-order valence-corrected chi connectivity index (χ2v) is 4.70. The van der Waals surface area contributed by atoms with Gasteiger partial charge in [-0.2, -0.15) is 0 Å². The first-order valence-corrected chi connectivity index (χ1v) is 6.15. The number of carbonyl (C=O) groups excluding carboxylic acids is 1. The van der Waals surface area contributed by atoms with Crippen LogP contribution in [-0.2, 0) is 0 Å². The van der Waals surface area contributed by atoms with E-state index in [1.807, 2.05) is 0 Å². The fourth-order valence-corrected chi connectivity index (χ4v) is 2.15. The van der Waals surface area contributed by atoms with E-state index in [0.717, 1.165) is 0 Å². The van der Waals surface area contributed by atoms with Gasteiger partial charge >= 0.3 is 0 Å². The maximum Gasteiger partial charge on any atom is 0.196 e. The van der Waals surface area contributed by atoms with Gasteiger partial charge in [0.15, 0.2) is 5.78 Å². The molecule has 0 spiro atoms. The molecule has 3 nitrogen and oxygen atoms in total. The third-order valence-electron chi connectivity index (χ3n) is 2.66. The predicted octanol–water partition coefficient (Wildman–Crippen LogP) is 4.14. The molecule has 2 N–H and O–H groups in total. The third-order valence-corrected chi connectivity index (χ3v) is 3.20. The van der Waals surface area contributed by atoms with Crippen LogP contribution in [-0.4, -0.2) is 12.5 Å². The first-order chi connectivity index (χ1) is 9.04. The van der Waals surface area contributed by atoms with Crippen LogP contribution in [0.5, 0.6) is 0 Å². The molecule has 19 heavy (non-hydrogen) atoms. The highest BCUT2D eigenvalue weighted by molar-refractivity contribution is 6.36. The van der Waals surface area contributed by atoms with Crippen LogP contribution >= 0.6 is 23.2 Å². The number of hydrogen-bond acceptors (Lipinski definition) is 3. The number of anilines is 1. The van der Waals surface area contributed by atoms with Crippen molar-refractivity contribution in [3.8, 4) is 0 Å². The molecule has 5 heteroatoms. The lowest BCUT2D eigenvalue weighted by Gasteiger charge is -2.09. The van der Waals surface area contributed by atoms with Crippen molar-refractivity contribution >= 4 is 47.1 Å². The first kappa shape index (κ1) is 13.6. The Labute approximate surface area is 120 Å². The van der Waals surface area contributed by atoms with Crippen LogP contribution in [0.3, 0.4) is 0 Å². The zero-order chi connectivity index (χ0) is 14.0. The molecule has 0 heterocycles. The van der Waals surface area contributed by atoms with E-state index in [9.17, 15) is 4.79 Å². The zero-order valence-electron chi connectivity index (χ0n) is 9.86. The molecule has 2 aromatic rings. The summed E-state index contributed by atoms with van der Waals surface area (Å²) in [4.78, 5) is 16.2. The summed E-state index contributed by atoms with van der Waals surface area (Å²) in [6.45, 7) is 3.40. The van der Waals surface area contributed by atoms with Gasteiger partial charge < -0.3 is 5.73 Å². The molecule has 0 saturated heterocycles. The predicted molar refractivity (Wildman–Crippen MR) is 80.0 cm³/mol. The Kier molecular flexibility index (Phi) is 3.88. The Hall–Kier alpha value is -1.84. The van der Waals surface area contributed by atoms with Crippen LogP contribution in [0, 0.1) is 0 Å². The molecule has 0 bridgehead atoms. The molecule has 96 valence electrons. The summed E-state index contributed by atoms with van der Waals surface area (Å²) < 4.78 is 0. The highest BCUT2D eigenvalue weighted by Crippen LogP contribution is 2.32. The molecular weight excluding hydrogens is 283 g/mol. The van der Waals surface area contributed by atoms with Crippen LogP contribution in [0.1, 0.15) is 15.9 Å². The summed E-state index contributed by atoms with van der Waals surface area (Å²) in [7, 11) is 0. The maximum absolute atomic E-state index is 12.4. The molecule has 0 aromatic heterocycles. The van der Waals surface area contributed by atoms with Gasteiger partial charge in [0.05, 0.1) is 16.4 Å². The van der Waals surface area contributed by atoms with Crippen molar-refractivity contribution in [2.24, 2.45) is 4.99 Å². The normalized spacial score (nSPS) is 10.2. The lowest BCUT2D eigenvalue weighted by atomic mass is 10.0. The fourth-order valence-electron chi connectivity index (χ4n) is 1.71. The average molecular weight is 293 g/mol. The average Bonchev–Trinajstić information content (AvgIpc) is 2.40. The molecule has 2 rings (SSSR count). The topological polar surface area (TPSA) is 55.5 Å². The van der Waals surface area contributed by atoms with E-state index in [1.165, 1.54) is 6.07 Å². The SMILES string of the molecule is C=Nc1cc(Cl)cc(C(=O)c2ccccc2Cl)c1N. The fraction of sp³-hybridized carbons (Fsp3) is 0. The Morgan fingerprint density at radius 2 is 1.84 bits per heavy atom. The Morgan fingerprint density at radius 3 is 2.47 bits per heavy atom. The standard InChI is InChI=1S/C14H10Cl2N2O/c1-18-12-7-8(15)6-10(13(12)17)14(19)9-4-2-3-5-11(9)16/h2-7H,1,17H2. The Morgan fingerprint density at radius 1 is 1.16 bits per heavy atom. The van der Waals surface area contributed by atoms with Crippen LogP contribution in [0.2, 0.25) is 10.0 Å². The first-order valence-electron chi connectivity index (χ1n) is 5.39. The lowest BCUT2D eigenvalue weighted by Crippen LogP contribution is -2.06. The van der Waals surface area contributed by atoms with Crippen LogP contribution in [0.4, 0.5) is 11.4 Å². The molecule has 0 aliphatic heterocycles. The van der Waals surface area contributed by atoms with Gasteiger partial charge in [-0.3, -0.25) is 9.79 Å². The van der Waals surface area contributed by atoms with Crippen molar-refractivity contribution in [2.45, 2.75) is 0 Å². The number of benzene rings is 2. The molecule has 2 aromatic carbocycles. The van der Waals surface area contributed by atoms with Gasteiger partial charge in [0.2, 0.25) is 0 Å². The largest absolute Gasteiger partial charge is 0.396 e. The van der Waals surface area contributed by atoms with Crippen molar-refractivity contribution in [1.82, 2.24) is 0 Å². The van der Waals surface area contributed by atoms with Gasteiger partial charge in [-0.05, 0) is 31.0 Å². The summed E-state index contributed by atoms with van der Waals surface area (Å²) >= 11 is 11.9. The number of rotatable bonds is 3. The van der Waals surface area contributed by atoms with E-state index < -0.39 is 0 Å². The number of nitrogens with two attached hydrogens (primary N) is 1. The van der Waals surface area contributed by atoms with Crippen molar-refractivity contribution in [3.63, 3.8) is 0 Å². The molecule has 0 unspecified atom stereocenters. The highest BCUT2D eigenvalue weighted by atomic mass is 35.5. The van der Waals surface area contributed by atoms with Crippen molar-refractivity contribution in [1.29, 1.82) is 0 Å². The minimum atomic E-state index is -0.296.